The van der Waals surface area contributed by atoms with Crippen LogP contribution < -0.4 is 0 Å². The number of hydrogen-bond acceptors (Lipinski definition) is 2. The third-order valence-corrected chi connectivity index (χ3v) is 2.29. The lowest BCUT2D eigenvalue weighted by Crippen LogP contribution is -2.23. The topological polar surface area (TPSA) is 40.5 Å². The molecule has 1 aromatic carbocycles. The second-order valence-corrected chi connectivity index (χ2v) is 2.99. The van der Waals surface area contributed by atoms with Gasteiger partial charge in [0.15, 0.2) is 0 Å². The van der Waals surface area contributed by atoms with Crippen LogP contribution in [0, 0.1) is 0 Å². The van der Waals surface area contributed by atoms with Crippen LogP contribution in [-0.4, -0.2) is 16.3 Å². The lowest BCUT2D eigenvalue weighted by Gasteiger charge is -2.11. The zero-order valence-electron chi connectivity index (χ0n) is 6.28. The summed E-state index contributed by atoms with van der Waals surface area (Å²) >= 11 is 0. The molecule has 0 amide bonds. The van der Waals surface area contributed by atoms with Crippen LogP contribution in [0.15, 0.2) is 24.3 Å². The van der Waals surface area contributed by atoms with Gasteiger partial charge in [0.25, 0.3) is 0 Å². The van der Waals surface area contributed by atoms with Crippen molar-refractivity contribution in [2.75, 3.05) is 0 Å². The van der Waals surface area contributed by atoms with Crippen LogP contribution in [0.5, 0.6) is 0 Å². The highest BCUT2D eigenvalue weighted by atomic mass is 16.3. The van der Waals surface area contributed by atoms with Crippen LogP contribution in [0.2, 0.25) is 0 Å². The smallest absolute Gasteiger partial charge is 0.141 e. The summed E-state index contributed by atoms with van der Waals surface area (Å²) in [4.78, 5) is 0. The highest BCUT2D eigenvalue weighted by Crippen LogP contribution is 2.49. The van der Waals surface area contributed by atoms with E-state index in [-0.39, 0.29) is 0 Å². The van der Waals surface area contributed by atoms with Crippen molar-refractivity contribution in [1.82, 2.24) is 0 Å². The predicted octanol–water partition coefficient (Wildman–Crippen LogP) is 0.617. The van der Waals surface area contributed by atoms with Gasteiger partial charge >= 0.3 is 0 Å². The van der Waals surface area contributed by atoms with Crippen LogP contribution in [0.25, 0.3) is 0 Å². The largest absolute Gasteiger partial charge is 0.390 e. The lowest BCUT2D eigenvalue weighted by atomic mass is 10.1. The highest BCUT2D eigenvalue weighted by molar-refractivity contribution is 5.57. The molecular formula is C9H10O2. The number of aliphatic hydroxyl groups excluding tert-OH is 1. The van der Waals surface area contributed by atoms with E-state index >= 15 is 0 Å². The third kappa shape index (κ3) is 0.682. The number of hydrogen-bond donors (Lipinski definition) is 2. The van der Waals surface area contributed by atoms with Crippen LogP contribution in [-0.2, 0) is 5.60 Å². The summed E-state index contributed by atoms with van der Waals surface area (Å²) in [5, 5.41) is 19.0. The third-order valence-electron chi connectivity index (χ3n) is 2.29. The molecule has 1 aromatic rings. The van der Waals surface area contributed by atoms with Gasteiger partial charge in [-0.25, -0.2) is 0 Å². The first-order valence-corrected chi connectivity index (χ1v) is 3.68. The van der Waals surface area contributed by atoms with E-state index in [0.717, 1.165) is 11.1 Å². The summed E-state index contributed by atoms with van der Waals surface area (Å²) in [5.41, 5.74) is 0.675. The minimum absolute atomic E-state index is 0.708. The Balaban J connectivity index is 2.42. The fourth-order valence-electron chi connectivity index (χ4n) is 1.51. The molecule has 0 radical (unpaired) electrons. The normalized spacial score (nSPS) is 20.6. The molecule has 0 fully saturated rings. The first-order valence-electron chi connectivity index (χ1n) is 3.68. The van der Waals surface area contributed by atoms with E-state index in [4.69, 9.17) is 0 Å². The molecule has 0 saturated carbocycles. The lowest BCUT2D eigenvalue weighted by molar-refractivity contribution is -0.00332. The Hall–Kier alpha value is -0.860. The molecule has 2 N–H and O–H groups in total. The van der Waals surface area contributed by atoms with E-state index in [1.165, 1.54) is 0 Å². The first kappa shape index (κ1) is 6.83. The Labute approximate surface area is 65.1 Å². The van der Waals surface area contributed by atoms with Crippen molar-refractivity contribution in [3.63, 3.8) is 0 Å². The summed E-state index contributed by atoms with van der Waals surface area (Å²) in [6.45, 7) is 1.60. The standard InChI is InChI=1S/C9H10O2/c1-6(10)9(11)7-4-2-3-5-8(7)9/h2-6,10-11H,1H3. The summed E-state index contributed by atoms with van der Waals surface area (Å²) in [7, 11) is 0. The van der Waals surface area contributed by atoms with Crippen LogP contribution in [0.1, 0.15) is 18.1 Å². The molecule has 0 spiro atoms. The van der Waals surface area contributed by atoms with E-state index in [1.807, 2.05) is 24.3 Å². The van der Waals surface area contributed by atoms with Crippen molar-refractivity contribution in [2.45, 2.75) is 18.6 Å². The number of fused-ring (bicyclic) bond motifs is 1. The van der Waals surface area contributed by atoms with Crippen molar-refractivity contribution in [3.8, 4) is 0 Å². The average Bonchev–Trinajstić information content (AvgIpc) is 2.61. The maximum atomic E-state index is 9.74. The monoisotopic (exact) mass is 150 g/mol. The summed E-state index contributed by atoms with van der Waals surface area (Å²) < 4.78 is 0. The molecule has 1 atom stereocenters. The number of aliphatic hydroxyl groups is 2. The zero-order valence-corrected chi connectivity index (χ0v) is 6.28. The molecule has 2 heteroatoms. The SMILES string of the molecule is CC(O)C1(O)c2ccccc21. The second-order valence-electron chi connectivity index (χ2n) is 2.99. The number of benzene rings is 1. The summed E-state index contributed by atoms with van der Waals surface area (Å²) in [5.74, 6) is 0. The van der Waals surface area contributed by atoms with Gasteiger partial charge in [0.2, 0.25) is 0 Å². The van der Waals surface area contributed by atoms with E-state index in [2.05, 4.69) is 0 Å². The molecular weight excluding hydrogens is 140 g/mol. The minimum atomic E-state index is -1.04. The molecule has 1 aliphatic carbocycles. The quantitative estimate of drug-likeness (QED) is 0.616. The molecule has 0 aliphatic heterocycles. The fraction of sp³-hybridized carbons (Fsp3) is 0.333. The van der Waals surface area contributed by atoms with Crippen molar-refractivity contribution in [2.24, 2.45) is 0 Å². The van der Waals surface area contributed by atoms with Gasteiger partial charge < -0.3 is 10.2 Å². The van der Waals surface area contributed by atoms with Gasteiger partial charge in [-0.15, -0.1) is 0 Å². The molecule has 0 bridgehead atoms. The van der Waals surface area contributed by atoms with Crippen molar-refractivity contribution in [1.29, 1.82) is 0 Å². The van der Waals surface area contributed by atoms with Gasteiger partial charge in [0.05, 0.1) is 6.10 Å². The van der Waals surface area contributed by atoms with Gasteiger partial charge in [-0.1, -0.05) is 24.3 Å². The maximum Gasteiger partial charge on any atom is 0.141 e. The van der Waals surface area contributed by atoms with E-state index < -0.39 is 11.7 Å². The first-order chi connectivity index (χ1) is 5.17. The Bertz CT molecular complexity index is 268. The van der Waals surface area contributed by atoms with Crippen molar-refractivity contribution in [3.05, 3.63) is 35.4 Å². The van der Waals surface area contributed by atoms with Gasteiger partial charge in [-0.05, 0) is 18.1 Å². The van der Waals surface area contributed by atoms with Crippen LogP contribution in [0.3, 0.4) is 0 Å². The molecule has 1 unspecified atom stereocenters. The zero-order chi connectivity index (χ0) is 8.06. The molecule has 1 aliphatic rings. The molecule has 0 heterocycles. The minimum Gasteiger partial charge on any atom is -0.390 e. The molecule has 11 heavy (non-hydrogen) atoms. The highest BCUT2D eigenvalue weighted by Gasteiger charge is 2.52. The molecule has 0 aromatic heterocycles. The Morgan fingerprint density at radius 1 is 1.27 bits per heavy atom. The van der Waals surface area contributed by atoms with E-state index in [9.17, 15) is 10.2 Å². The van der Waals surface area contributed by atoms with Crippen molar-refractivity contribution < 1.29 is 10.2 Å². The maximum absolute atomic E-state index is 9.74. The number of rotatable bonds is 1. The summed E-state index contributed by atoms with van der Waals surface area (Å²) in [6, 6.07) is 7.39. The van der Waals surface area contributed by atoms with Crippen LogP contribution in [0.4, 0.5) is 0 Å². The molecule has 2 rings (SSSR count). The predicted molar refractivity (Wildman–Crippen MR) is 41.1 cm³/mol. The summed E-state index contributed by atoms with van der Waals surface area (Å²) in [6.07, 6.45) is -0.708. The second kappa shape index (κ2) is 1.84. The fourth-order valence-corrected chi connectivity index (χ4v) is 1.51. The Morgan fingerprint density at radius 2 is 1.73 bits per heavy atom. The van der Waals surface area contributed by atoms with E-state index in [0.29, 0.717) is 0 Å². The van der Waals surface area contributed by atoms with Gasteiger partial charge in [-0.2, -0.15) is 0 Å². The average molecular weight is 150 g/mol. The molecule has 2 nitrogen and oxygen atoms in total. The van der Waals surface area contributed by atoms with Crippen molar-refractivity contribution >= 4 is 0 Å². The molecule has 0 saturated heterocycles. The Kier molecular flexibility index (Phi) is 1.14. The van der Waals surface area contributed by atoms with Gasteiger partial charge in [0, 0.05) is 0 Å². The Morgan fingerprint density at radius 3 is 2.09 bits per heavy atom. The molecule has 58 valence electrons. The van der Waals surface area contributed by atoms with Gasteiger partial charge in [-0.3, -0.25) is 0 Å². The van der Waals surface area contributed by atoms with E-state index in [1.54, 1.807) is 6.92 Å². The van der Waals surface area contributed by atoms with Crippen LogP contribution >= 0.6 is 0 Å². The van der Waals surface area contributed by atoms with Gasteiger partial charge in [0.1, 0.15) is 5.60 Å².